The summed E-state index contributed by atoms with van der Waals surface area (Å²) in [4.78, 5) is 0. The van der Waals surface area contributed by atoms with Gasteiger partial charge in [-0.05, 0) is 30.2 Å². The van der Waals surface area contributed by atoms with Gasteiger partial charge in [-0.2, -0.15) is 5.10 Å². The molecule has 1 aromatic heterocycles. The van der Waals surface area contributed by atoms with E-state index in [4.69, 9.17) is 23.8 Å². The summed E-state index contributed by atoms with van der Waals surface area (Å²) in [5.41, 5.74) is 3.06. The average Bonchev–Trinajstić information content (AvgIpc) is 2.22. The maximum atomic E-state index is 6.05. The number of benzene rings is 1. The summed E-state index contributed by atoms with van der Waals surface area (Å²) < 4.78 is 0.615. The summed E-state index contributed by atoms with van der Waals surface area (Å²) in [5, 5.41) is 7.40. The minimum Gasteiger partial charge on any atom is -0.268 e. The molecular formula is C11H9ClN2S. The second-order valence-electron chi connectivity index (χ2n) is 3.30. The molecule has 1 aromatic carbocycles. The molecule has 0 aliphatic heterocycles. The number of hydrogen-bond donors (Lipinski definition) is 1. The first kappa shape index (κ1) is 10.3. The van der Waals surface area contributed by atoms with Gasteiger partial charge in [0.15, 0.2) is 0 Å². The van der Waals surface area contributed by atoms with Crippen LogP contribution >= 0.6 is 23.8 Å². The Balaban J connectivity index is 2.55. The van der Waals surface area contributed by atoms with Gasteiger partial charge in [0.1, 0.15) is 4.64 Å². The average molecular weight is 237 g/mol. The quantitative estimate of drug-likeness (QED) is 0.764. The molecule has 0 aliphatic carbocycles. The van der Waals surface area contributed by atoms with Crippen LogP contribution in [0.5, 0.6) is 0 Å². The van der Waals surface area contributed by atoms with E-state index < -0.39 is 0 Å². The van der Waals surface area contributed by atoms with Crippen LogP contribution < -0.4 is 0 Å². The number of halogens is 1. The number of aromatic nitrogens is 2. The first-order chi connectivity index (χ1) is 7.16. The van der Waals surface area contributed by atoms with E-state index in [9.17, 15) is 0 Å². The van der Waals surface area contributed by atoms with Gasteiger partial charge in [0.25, 0.3) is 0 Å². The zero-order valence-corrected chi connectivity index (χ0v) is 9.69. The van der Waals surface area contributed by atoms with Crippen molar-refractivity contribution >= 4 is 23.8 Å². The monoisotopic (exact) mass is 236 g/mol. The molecule has 0 amide bonds. The zero-order valence-electron chi connectivity index (χ0n) is 8.12. The third kappa shape index (κ3) is 2.25. The third-order valence-electron chi connectivity index (χ3n) is 2.17. The Morgan fingerprint density at radius 3 is 2.73 bits per heavy atom. The highest BCUT2D eigenvalue weighted by atomic mass is 35.5. The summed E-state index contributed by atoms with van der Waals surface area (Å²) >= 11 is 11.1. The molecule has 2 rings (SSSR count). The number of hydrogen-bond acceptors (Lipinski definition) is 2. The molecule has 0 saturated heterocycles. The molecule has 0 aliphatic rings. The highest BCUT2D eigenvalue weighted by molar-refractivity contribution is 7.71. The van der Waals surface area contributed by atoms with Crippen LogP contribution in [0.25, 0.3) is 11.1 Å². The smallest absolute Gasteiger partial charge is 0.120 e. The maximum Gasteiger partial charge on any atom is 0.120 e. The Morgan fingerprint density at radius 1 is 1.27 bits per heavy atom. The second kappa shape index (κ2) is 4.13. The van der Waals surface area contributed by atoms with E-state index in [1.165, 1.54) is 0 Å². The van der Waals surface area contributed by atoms with Crippen LogP contribution in [0.1, 0.15) is 5.56 Å². The second-order valence-corrected chi connectivity index (χ2v) is 4.14. The van der Waals surface area contributed by atoms with Crippen LogP contribution in [0.3, 0.4) is 0 Å². The van der Waals surface area contributed by atoms with Crippen molar-refractivity contribution in [3.05, 3.63) is 45.7 Å². The van der Waals surface area contributed by atoms with Crippen LogP contribution in [-0.2, 0) is 0 Å². The van der Waals surface area contributed by atoms with Gasteiger partial charge in [-0.3, -0.25) is 5.10 Å². The molecule has 2 nitrogen and oxygen atoms in total. The Morgan fingerprint density at radius 2 is 2.07 bits per heavy atom. The van der Waals surface area contributed by atoms with E-state index in [1.807, 2.05) is 31.2 Å². The standard InChI is InChI=1S/C11H9ClN2S/c1-7-2-3-8(4-10(7)12)9-5-11(15)14-13-6-9/h2-6H,1H3,(H,14,15). The van der Waals surface area contributed by atoms with Gasteiger partial charge in [-0.1, -0.05) is 36.0 Å². The summed E-state index contributed by atoms with van der Waals surface area (Å²) in [7, 11) is 0. The number of nitrogens with zero attached hydrogens (tertiary/aromatic N) is 1. The Bertz CT molecular complexity index is 548. The molecule has 0 fully saturated rings. The molecule has 0 saturated carbocycles. The van der Waals surface area contributed by atoms with Crippen LogP contribution in [0.2, 0.25) is 5.02 Å². The number of nitrogens with one attached hydrogen (secondary N) is 1. The fraction of sp³-hybridized carbons (Fsp3) is 0.0909. The lowest BCUT2D eigenvalue weighted by molar-refractivity contribution is 1.02. The SMILES string of the molecule is Cc1ccc(-c2cn[nH]c(=S)c2)cc1Cl. The van der Waals surface area contributed by atoms with E-state index in [-0.39, 0.29) is 0 Å². The zero-order chi connectivity index (χ0) is 10.8. The normalized spacial score (nSPS) is 10.3. The lowest BCUT2D eigenvalue weighted by Gasteiger charge is -2.03. The molecule has 0 spiro atoms. The van der Waals surface area contributed by atoms with Crippen LogP contribution in [0.4, 0.5) is 0 Å². The van der Waals surface area contributed by atoms with Crippen LogP contribution in [0, 0.1) is 11.6 Å². The summed E-state index contributed by atoms with van der Waals surface area (Å²) in [6.07, 6.45) is 1.73. The molecule has 2 aromatic rings. The lowest BCUT2D eigenvalue weighted by atomic mass is 10.1. The third-order valence-corrected chi connectivity index (χ3v) is 2.79. The van der Waals surface area contributed by atoms with Gasteiger partial charge in [-0.15, -0.1) is 0 Å². The van der Waals surface area contributed by atoms with Crippen molar-refractivity contribution in [1.82, 2.24) is 10.2 Å². The predicted molar refractivity (Wildman–Crippen MR) is 64.6 cm³/mol. The van der Waals surface area contributed by atoms with Gasteiger partial charge >= 0.3 is 0 Å². The molecule has 1 N–H and O–H groups in total. The van der Waals surface area contributed by atoms with Gasteiger partial charge in [0.05, 0.1) is 6.20 Å². The lowest BCUT2D eigenvalue weighted by Crippen LogP contribution is -1.85. The van der Waals surface area contributed by atoms with E-state index in [1.54, 1.807) is 6.20 Å². The molecule has 0 bridgehead atoms. The first-order valence-corrected chi connectivity index (χ1v) is 5.27. The topological polar surface area (TPSA) is 28.7 Å². The highest BCUT2D eigenvalue weighted by Crippen LogP contribution is 2.24. The van der Waals surface area contributed by atoms with Crippen molar-refractivity contribution in [1.29, 1.82) is 0 Å². The molecule has 15 heavy (non-hydrogen) atoms. The fourth-order valence-corrected chi connectivity index (χ4v) is 1.67. The van der Waals surface area contributed by atoms with Crippen molar-refractivity contribution in [2.45, 2.75) is 6.92 Å². The largest absolute Gasteiger partial charge is 0.268 e. The van der Waals surface area contributed by atoms with Crippen LogP contribution in [-0.4, -0.2) is 10.2 Å². The molecule has 0 unspecified atom stereocenters. The highest BCUT2D eigenvalue weighted by Gasteiger charge is 2.00. The molecule has 76 valence electrons. The number of rotatable bonds is 1. The maximum absolute atomic E-state index is 6.05. The Kier molecular flexibility index (Phi) is 2.84. The van der Waals surface area contributed by atoms with Crippen molar-refractivity contribution < 1.29 is 0 Å². The number of aromatic amines is 1. The van der Waals surface area contributed by atoms with E-state index in [2.05, 4.69) is 10.2 Å². The predicted octanol–water partition coefficient (Wildman–Crippen LogP) is 3.77. The molecular weight excluding hydrogens is 228 g/mol. The summed E-state index contributed by atoms with van der Waals surface area (Å²) in [5.74, 6) is 0. The van der Waals surface area contributed by atoms with E-state index >= 15 is 0 Å². The fourth-order valence-electron chi connectivity index (χ4n) is 1.31. The minimum atomic E-state index is 0.615. The van der Waals surface area contributed by atoms with Crippen molar-refractivity contribution in [2.24, 2.45) is 0 Å². The van der Waals surface area contributed by atoms with Gasteiger partial charge in [0.2, 0.25) is 0 Å². The van der Waals surface area contributed by atoms with Crippen molar-refractivity contribution in [3.63, 3.8) is 0 Å². The molecule has 0 radical (unpaired) electrons. The number of aryl methyl sites for hydroxylation is 1. The summed E-state index contributed by atoms with van der Waals surface area (Å²) in [6, 6.07) is 7.77. The molecule has 1 heterocycles. The Labute approximate surface area is 97.9 Å². The van der Waals surface area contributed by atoms with Gasteiger partial charge < -0.3 is 0 Å². The first-order valence-electron chi connectivity index (χ1n) is 4.48. The number of H-pyrrole nitrogens is 1. The van der Waals surface area contributed by atoms with Crippen molar-refractivity contribution in [3.8, 4) is 11.1 Å². The van der Waals surface area contributed by atoms with Gasteiger partial charge in [-0.25, -0.2) is 0 Å². The van der Waals surface area contributed by atoms with E-state index in [0.717, 1.165) is 21.7 Å². The van der Waals surface area contributed by atoms with Crippen LogP contribution in [0.15, 0.2) is 30.5 Å². The minimum absolute atomic E-state index is 0.615. The van der Waals surface area contributed by atoms with E-state index in [0.29, 0.717) is 4.64 Å². The van der Waals surface area contributed by atoms with Crippen molar-refractivity contribution in [2.75, 3.05) is 0 Å². The molecule has 0 atom stereocenters. The molecule has 4 heteroatoms. The van der Waals surface area contributed by atoms with Gasteiger partial charge in [0, 0.05) is 10.6 Å². The Hall–Kier alpha value is -1.19. The summed E-state index contributed by atoms with van der Waals surface area (Å²) in [6.45, 7) is 1.97.